The van der Waals surface area contributed by atoms with E-state index in [9.17, 15) is 4.79 Å². The van der Waals surface area contributed by atoms with Crippen molar-refractivity contribution in [2.45, 2.75) is 19.9 Å². The van der Waals surface area contributed by atoms with E-state index in [0.29, 0.717) is 12.4 Å². The van der Waals surface area contributed by atoms with Crippen molar-refractivity contribution in [1.29, 1.82) is 0 Å². The molecule has 5 heteroatoms. The van der Waals surface area contributed by atoms with Crippen molar-refractivity contribution >= 4 is 21.8 Å². The van der Waals surface area contributed by atoms with Gasteiger partial charge in [0.2, 0.25) is 0 Å². The molecule has 0 radical (unpaired) electrons. The number of rotatable bonds is 7. The summed E-state index contributed by atoms with van der Waals surface area (Å²) in [5.74, 6) is 1.28. The molecule has 0 fully saturated rings. The number of carbonyl (C=O) groups excluding carboxylic acids is 1. The smallest absolute Gasteiger partial charge is 0.258 e. The highest BCUT2D eigenvalue weighted by Gasteiger charge is 2.09. The molecule has 0 bridgehead atoms. The van der Waals surface area contributed by atoms with Crippen molar-refractivity contribution in [2.75, 3.05) is 13.2 Å². The van der Waals surface area contributed by atoms with Crippen LogP contribution >= 0.6 is 15.9 Å². The van der Waals surface area contributed by atoms with Crippen LogP contribution in [0, 0.1) is 6.92 Å². The molecule has 0 aliphatic heterocycles. The minimum atomic E-state index is -0.173. The lowest BCUT2D eigenvalue weighted by Gasteiger charge is -2.15. The third-order valence-electron chi connectivity index (χ3n) is 3.11. The molecule has 0 saturated carbocycles. The SMILES string of the molecule is Cc1ccc(OCC(C)NC(=O)COc2ccc(Br)cc2)cc1. The Kier molecular flexibility index (Phi) is 6.47. The Morgan fingerprint density at radius 2 is 1.61 bits per heavy atom. The number of amides is 1. The van der Waals surface area contributed by atoms with Gasteiger partial charge < -0.3 is 14.8 Å². The van der Waals surface area contributed by atoms with Gasteiger partial charge in [0.25, 0.3) is 5.91 Å². The quantitative estimate of drug-likeness (QED) is 0.799. The van der Waals surface area contributed by atoms with Gasteiger partial charge in [-0.25, -0.2) is 0 Å². The van der Waals surface area contributed by atoms with E-state index >= 15 is 0 Å². The van der Waals surface area contributed by atoms with Crippen LogP contribution in [0.5, 0.6) is 11.5 Å². The molecule has 1 N–H and O–H groups in total. The lowest BCUT2D eigenvalue weighted by Crippen LogP contribution is -2.39. The van der Waals surface area contributed by atoms with Crippen LogP contribution in [0.3, 0.4) is 0 Å². The summed E-state index contributed by atoms with van der Waals surface area (Å²) < 4.78 is 12.0. The summed E-state index contributed by atoms with van der Waals surface area (Å²) in [6.07, 6.45) is 0. The predicted molar refractivity (Wildman–Crippen MR) is 93.9 cm³/mol. The average Bonchev–Trinajstić information content (AvgIpc) is 2.54. The van der Waals surface area contributed by atoms with Crippen LogP contribution in [0.1, 0.15) is 12.5 Å². The van der Waals surface area contributed by atoms with E-state index in [4.69, 9.17) is 9.47 Å². The maximum absolute atomic E-state index is 11.8. The molecule has 0 aliphatic carbocycles. The molecule has 0 heterocycles. The first kappa shape index (κ1) is 17.3. The van der Waals surface area contributed by atoms with Gasteiger partial charge in [0.15, 0.2) is 6.61 Å². The van der Waals surface area contributed by atoms with Crippen molar-refractivity contribution in [2.24, 2.45) is 0 Å². The van der Waals surface area contributed by atoms with Crippen LogP contribution in [0.4, 0.5) is 0 Å². The minimum absolute atomic E-state index is 0.0174. The summed E-state index contributed by atoms with van der Waals surface area (Å²) >= 11 is 3.35. The molecule has 0 aliphatic rings. The monoisotopic (exact) mass is 377 g/mol. The highest BCUT2D eigenvalue weighted by atomic mass is 79.9. The van der Waals surface area contributed by atoms with Crippen molar-refractivity contribution in [1.82, 2.24) is 5.32 Å². The zero-order valence-corrected chi connectivity index (χ0v) is 14.8. The largest absolute Gasteiger partial charge is 0.491 e. The van der Waals surface area contributed by atoms with Crippen molar-refractivity contribution in [3.05, 3.63) is 58.6 Å². The van der Waals surface area contributed by atoms with Gasteiger partial charge in [-0.1, -0.05) is 33.6 Å². The van der Waals surface area contributed by atoms with E-state index < -0.39 is 0 Å². The lowest BCUT2D eigenvalue weighted by atomic mass is 10.2. The van der Waals surface area contributed by atoms with E-state index in [2.05, 4.69) is 21.2 Å². The van der Waals surface area contributed by atoms with Gasteiger partial charge in [-0.2, -0.15) is 0 Å². The molecule has 4 nitrogen and oxygen atoms in total. The lowest BCUT2D eigenvalue weighted by molar-refractivity contribution is -0.123. The standard InChI is InChI=1S/C18H20BrNO3/c1-13-3-7-16(8-4-13)22-11-14(2)20-18(21)12-23-17-9-5-15(19)6-10-17/h3-10,14H,11-12H2,1-2H3,(H,20,21). The van der Waals surface area contributed by atoms with Crippen LogP contribution in [0.25, 0.3) is 0 Å². The number of hydrogen-bond acceptors (Lipinski definition) is 3. The van der Waals surface area contributed by atoms with E-state index in [0.717, 1.165) is 10.2 Å². The Balaban J connectivity index is 1.69. The highest BCUT2D eigenvalue weighted by Crippen LogP contribution is 2.16. The number of halogens is 1. The number of hydrogen-bond donors (Lipinski definition) is 1. The van der Waals surface area contributed by atoms with Gasteiger partial charge in [-0.05, 0) is 50.2 Å². The average molecular weight is 378 g/mol. The third-order valence-corrected chi connectivity index (χ3v) is 3.64. The van der Waals surface area contributed by atoms with Gasteiger partial charge in [0.05, 0.1) is 6.04 Å². The van der Waals surface area contributed by atoms with Crippen LogP contribution in [0.2, 0.25) is 0 Å². The second-order valence-corrected chi connectivity index (χ2v) is 6.25. The minimum Gasteiger partial charge on any atom is -0.491 e. The van der Waals surface area contributed by atoms with E-state index in [1.54, 1.807) is 12.1 Å². The van der Waals surface area contributed by atoms with Gasteiger partial charge in [0.1, 0.15) is 18.1 Å². The second kappa shape index (κ2) is 8.58. The van der Waals surface area contributed by atoms with Gasteiger partial charge in [-0.3, -0.25) is 4.79 Å². The molecule has 2 rings (SSSR count). The first-order chi connectivity index (χ1) is 11.0. The molecule has 0 spiro atoms. The van der Waals surface area contributed by atoms with Crippen LogP contribution in [-0.4, -0.2) is 25.2 Å². The summed E-state index contributed by atoms with van der Waals surface area (Å²) in [6, 6.07) is 15.1. The fourth-order valence-corrected chi connectivity index (χ4v) is 2.16. The number of nitrogens with one attached hydrogen (secondary N) is 1. The summed E-state index contributed by atoms with van der Waals surface area (Å²) in [7, 11) is 0. The molecule has 2 aromatic carbocycles. The van der Waals surface area contributed by atoms with E-state index in [1.807, 2.05) is 50.2 Å². The third kappa shape index (κ3) is 6.32. The predicted octanol–water partition coefficient (Wildman–Crippen LogP) is 3.72. The van der Waals surface area contributed by atoms with E-state index in [1.165, 1.54) is 5.56 Å². The van der Waals surface area contributed by atoms with Crippen LogP contribution < -0.4 is 14.8 Å². The zero-order chi connectivity index (χ0) is 16.7. The van der Waals surface area contributed by atoms with Crippen LogP contribution in [-0.2, 0) is 4.79 Å². The summed E-state index contributed by atoms with van der Waals surface area (Å²) in [5.41, 5.74) is 1.18. The van der Waals surface area contributed by atoms with Crippen molar-refractivity contribution in [3.8, 4) is 11.5 Å². The van der Waals surface area contributed by atoms with Gasteiger partial charge in [0, 0.05) is 4.47 Å². The molecule has 1 atom stereocenters. The molecule has 2 aromatic rings. The number of carbonyl (C=O) groups is 1. The summed E-state index contributed by atoms with van der Waals surface area (Å²) in [5, 5.41) is 2.84. The van der Waals surface area contributed by atoms with Crippen molar-refractivity contribution < 1.29 is 14.3 Å². The molecule has 23 heavy (non-hydrogen) atoms. The molecule has 122 valence electrons. The second-order valence-electron chi connectivity index (χ2n) is 5.34. The Morgan fingerprint density at radius 1 is 1.04 bits per heavy atom. The number of benzene rings is 2. The molecular formula is C18H20BrNO3. The normalized spacial score (nSPS) is 11.6. The zero-order valence-electron chi connectivity index (χ0n) is 13.2. The summed E-state index contributed by atoms with van der Waals surface area (Å²) in [6.45, 7) is 4.31. The number of ether oxygens (including phenoxy) is 2. The maximum atomic E-state index is 11.8. The topological polar surface area (TPSA) is 47.6 Å². The van der Waals surface area contributed by atoms with Gasteiger partial charge in [-0.15, -0.1) is 0 Å². The molecule has 0 saturated heterocycles. The van der Waals surface area contributed by atoms with E-state index in [-0.39, 0.29) is 18.6 Å². The van der Waals surface area contributed by atoms with Crippen LogP contribution in [0.15, 0.2) is 53.0 Å². The molecular weight excluding hydrogens is 358 g/mol. The Bertz CT molecular complexity index is 626. The van der Waals surface area contributed by atoms with Gasteiger partial charge >= 0.3 is 0 Å². The molecule has 0 aromatic heterocycles. The number of aryl methyl sites for hydroxylation is 1. The molecule has 1 amide bonds. The first-order valence-electron chi connectivity index (χ1n) is 7.40. The Labute approximate surface area is 144 Å². The van der Waals surface area contributed by atoms with Crippen molar-refractivity contribution in [3.63, 3.8) is 0 Å². The fourth-order valence-electron chi connectivity index (χ4n) is 1.89. The first-order valence-corrected chi connectivity index (χ1v) is 8.19. The molecule has 1 unspecified atom stereocenters. The highest BCUT2D eigenvalue weighted by molar-refractivity contribution is 9.10. The Morgan fingerprint density at radius 3 is 2.26 bits per heavy atom. The maximum Gasteiger partial charge on any atom is 0.258 e. The Hall–Kier alpha value is -2.01. The summed E-state index contributed by atoms with van der Waals surface area (Å²) in [4.78, 5) is 11.8. The fraction of sp³-hybridized carbons (Fsp3) is 0.278.